The van der Waals surface area contributed by atoms with Gasteiger partial charge in [0, 0.05) is 24.3 Å². The molecule has 1 aromatic rings. The lowest BCUT2D eigenvalue weighted by Crippen LogP contribution is -2.48. The van der Waals surface area contributed by atoms with E-state index < -0.39 is 0 Å². The van der Waals surface area contributed by atoms with E-state index in [2.05, 4.69) is 31.0 Å². The molecular weight excluding hydrogens is 215 g/mol. The molecule has 2 rings (SSSR count). The topological polar surface area (TPSA) is 15.3 Å². The monoisotopic (exact) mass is 236 g/mol. The average Bonchev–Trinajstić information content (AvgIpc) is 2.60. The molecule has 1 aromatic carbocycles. The zero-order valence-electron chi connectivity index (χ0n) is 10.9. The molecule has 1 aliphatic rings. The van der Waals surface area contributed by atoms with E-state index in [1.165, 1.54) is 5.56 Å². The predicted octanol–water partition coefficient (Wildman–Crippen LogP) is 2.58. The molecule has 0 spiro atoms. The minimum absolute atomic E-state index is 0.0582. The van der Waals surface area contributed by atoms with Crippen molar-refractivity contribution in [3.05, 3.63) is 29.6 Å². The van der Waals surface area contributed by atoms with Gasteiger partial charge >= 0.3 is 0 Å². The van der Waals surface area contributed by atoms with E-state index in [1.807, 2.05) is 6.07 Å². The van der Waals surface area contributed by atoms with Crippen LogP contribution in [-0.4, -0.2) is 25.2 Å². The first-order chi connectivity index (χ1) is 8.02. The summed E-state index contributed by atoms with van der Waals surface area (Å²) in [4.78, 5) is 2.28. The molecule has 0 unspecified atom stereocenters. The number of hydrogen-bond donors (Lipinski definition) is 1. The van der Waals surface area contributed by atoms with Gasteiger partial charge in [-0.25, -0.2) is 4.39 Å². The van der Waals surface area contributed by atoms with Gasteiger partial charge in [0.05, 0.1) is 0 Å². The largest absolute Gasteiger partial charge is 0.369 e. The summed E-state index contributed by atoms with van der Waals surface area (Å²) in [6, 6.07) is 5.12. The number of rotatable bonds is 4. The van der Waals surface area contributed by atoms with E-state index in [-0.39, 0.29) is 11.4 Å². The summed E-state index contributed by atoms with van der Waals surface area (Å²) < 4.78 is 13.3. The molecule has 1 heterocycles. The molecule has 0 aliphatic carbocycles. The predicted molar refractivity (Wildman–Crippen MR) is 70.1 cm³/mol. The van der Waals surface area contributed by atoms with Gasteiger partial charge in [0.1, 0.15) is 5.82 Å². The molecule has 1 N–H and O–H groups in total. The third kappa shape index (κ3) is 2.78. The van der Waals surface area contributed by atoms with Gasteiger partial charge < -0.3 is 10.2 Å². The van der Waals surface area contributed by atoms with E-state index >= 15 is 0 Å². The summed E-state index contributed by atoms with van der Waals surface area (Å²) in [5, 5.41) is 3.46. The fraction of sp³-hybridized carbons (Fsp3) is 0.571. The highest BCUT2D eigenvalue weighted by Crippen LogP contribution is 2.29. The van der Waals surface area contributed by atoms with Crippen LogP contribution in [0, 0.1) is 5.82 Å². The van der Waals surface area contributed by atoms with Crippen molar-refractivity contribution in [2.24, 2.45) is 0 Å². The van der Waals surface area contributed by atoms with Gasteiger partial charge in [0.25, 0.3) is 0 Å². The zero-order valence-corrected chi connectivity index (χ0v) is 10.9. The number of likely N-dealkylation sites (N-methyl/N-ethyl adjacent to an activating group) is 1. The normalized spacial score (nSPS) is 15.2. The van der Waals surface area contributed by atoms with Crippen molar-refractivity contribution < 1.29 is 4.39 Å². The lowest BCUT2D eigenvalue weighted by atomic mass is 10.0. The Balaban J connectivity index is 2.14. The molecule has 94 valence electrons. The molecule has 1 aliphatic heterocycles. The summed E-state index contributed by atoms with van der Waals surface area (Å²) in [5.41, 5.74) is 2.39. The van der Waals surface area contributed by atoms with Gasteiger partial charge in [0.15, 0.2) is 0 Å². The highest BCUT2D eigenvalue weighted by atomic mass is 19.1. The van der Waals surface area contributed by atoms with Crippen LogP contribution >= 0.6 is 0 Å². The minimum atomic E-state index is -0.142. The van der Waals surface area contributed by atoms with Gasteiger partial charge in [-0.05, 0) is 44.5 Å². The second kappa shape index (κ2) is 4.65. The summed E-state index contributed by atoms with van der Waals surface area (Å²) >= 11 is 0. The maximum Gasteiger partial charge on any atom is 0.125 e. The summed E-state index contributed by atoms with van der Waals surface area (Å²) in [7, 11) is 0. The molecule has 2 nitrogen and oxygen atoms in total. The molecule has 0 amide bonds. The maximum absolute atomic E-state index is 13.3. The van der Waals surface area contributed by atoms with Crippen molar-refractivity contribution in [2.75, 3.05) is 24.5 Å². The molecule has 3 heteroatoms. The molecule has 0 saturated carbocycles. The number of halogens is 1. The Bertz CT molecular complexity index is 401. The maximum atomic E-state index is 13.3. The third-order valence-electron chi connectivity index (χ3n) is 3.28. The number of nitrogens with zero attached hydrogens (tertiary/aromatic N) is 1. The van der Waals surface area contributed by atoms with Crippen molar-refractivity contribution in [3.8, 4) is 0 Å². The van der Waals surface area contributed by atoms with Crippen LogP contribution in [0.1, 0.15) is 26.3 Å². The summed E-state index contributed by atoms with van der Waals surface area (Å²) in [6.07, 6.45) is 1.03. The first-order valence-electron chi connectivity index (χ1n) is 6.30. The smallest absolute Gasteiger partial charge is 0.125 e. The number of hydrogen-bond acceptors (Lipinski definition) is 2. The zero-order chi connectivity index (χ0) is 12.5. The van der Waals surface area contributed by atoms with Crippen LogP contribution in [0.4, 0.5) is 10.1 Å². The Morgan fingerprint density at radius 3 is 2.88 bits per heavy atom. The molecule has 0 aromatic heterocycles. The van der Waals surface area contributed by atoms with Crippen molar-refractivity contribution in [3.63, 3.8) is 0 Å². The Labute approximate surface area is 103 Å². The van der Waals surface area contributed by atoms with Crippen LogP contribution < -0.4 is 10.2 Å². The number of nitrogens with one attached hydrogen (secondary N) is 1. The minimum Gasteiger partial charge on any atom is -0.369 e. The van der Waals surface area contributed by atoms with Gasteiger partial charge in [-0.1, -0.05) is 13.0 Å². The molecule has 0 fully saturated rings. The Hall–Kier alpha value is -1.09. The Kier molecular flexibility index (Phi) is 3.38. The van der Waals surface area contributed by atoms with Gasteiger partial charge in [-0.2, -0.15) is 0 Å². The van der Waals surface area contributed by atoms with E-state index in [0.717, 1.165) is 31.7 Å². The van der Waals surface area contributed by atoms with Crippen molar-refractivity contribution >= 4 is 5.69 Å². The van der Waals surface area contributed by atoms with E-state index in [1.54, 1.807) is 12.1 Å². The van der Waals surface area contributed by atoms with E-state index in [9.17, 15) is 4.39 Å². The van der Waals surface area contributed by atoms with Gasteiger partial charge in [-0.15, -0.1) is 0 Å². The van der Waals surface area contributed by atoms with Crippen molar-refractivity contribution in [1.29, 1.82) is 0 Å². The number of fused-ring (bicyclic) bond motifs is 1. The molecule has 0 atom stereocenters. The quantitative estimate of drug-likeness (QED) is 0.864. The first kappa shape index (κ1) is 12.4. The molecule has 0 bridgehead atoms. The lowest BCUT2D eigenvalue weighted by molar-refractivity contribution is 0.399. The molecule has 0 saturated heterocycles. The van der Waals surface area contributed by atoms with Crippen LogP contribution in [0.25, 0.3) is 0 Å². The highest BCUT2D eigenvalue weighted by Gasteiger charge is 2.25. The molecule has 17 heavy (non-hydrogen) atoms. The summed E-state index contributed by atoms with van der Waals surface area (Å²) in [6.45, 7) is 9.35. The standard InChI is InChI=1S/C14H21FN2/c1-4-16-14(2,3)10-17-8-7-11-5-6-12(15)9-13(11)17/h5-6,9,16H,4,7-8,10H2,1-3H3. The fourth-order valence-electron chi connectivity index (χ4n) is 2.59. The highest BCUT2D eigenvalue weighted by molar-refractivity contribution is 5.58. The molecular formula is C14H21FN2. The first-order valence-corrected chi connectivity index (χ1v) is 6.30. The fourth-order valence-corrected chi connectivity index (χ4v) is 2.59. The molecule has 0 radical (unpaired) electrons. The van der Waals surface area contributed by atoms with E-state index in [0.29, 0.717) is 0 Å². The van der Waals surface area contributed by atoms with Crippen LogP contribution in [0.2, 0.25) is 0 Å². The van der Waals surface area contributed by atoms with Crippen molar-refractivity contribution in [1.82, 2.24) is 5.32 Å². The Morgan fingerprint density at radius 1 is 1.41 bits per heavy atom. The number of benzene rings is 1. The van der Waals surface area contributed by atoms with Crippen LogP contribution in [0.3, 0.4) is 0 Å². The SMILES string of the molecule is CCNC(C)(C)CN1CCc2ccc(F)cc21. The van der Waals surface area contributed by atoms with Gasteiger partial charge in [-0.3, -0.25) is 0 Å². The lowest BCUT2D eigenvalue weighted by Gasteiger charge is -2.32. The second-order valence-electron chi connectivity index (χ2n) is 5.36. The second-order valence-corrected chi connectivity index (χ2v) is 5.36. The number of anilines is 1. The van der Waals surface area contributed by atoms with Crippen LogP contribution in [0.15, 0.2) is 18.2 Å². The average molecular weight is 236 g/mol. The van der Waals surface area contributed by atoms with Gasteiger partial charge in [0.2, 0.25) is 0 Å². The van der Waals surface area contributed by atoms with Crippen molar-refractivity contribution in [2.45, 2.75) is 32.7 Å². The summed E-state index contributed by atoms with van der Waals surface area (Å²) in [5.74, 6) is -0.142. The third-order valence-corrected chi connectivity index (χ3v) is 3.28. The van der Waals surface area contributed by atoms with Crippen LogP contribution in [-0.2, 0) is 6.42 Å². The van der Waals surface area contributed by atoms with E-state index in [4.69, 9.17) is 0 Å². The van der Waals surface area contributed by atoms with Crippen LogP contribution in [0.5, 0.6) is 0 Å². The Morgan fingerprint density at radius 2 is 2.18 bits per heavy atom.